The predicted octanol–water partition coefficient (Wildman–Crippen LogP) is 3.03. The molecule has 10 heavy (non-hydrogen) atoms. The minimum Gasteiger partial charge on any atom is -0.307 e. The molecule has 0 heterocycles. The summed E-state index contributed by atoms with van der Waals surface area (Å²) in [7, 11) is 0. The maximum Gasteiger partial charge on any atom is 0.106 e. The Kier molecular flexibility index (Phi) is 5.54. The first-order valence-electron chi connectivity index (χ1n) is 2.49. The predicted molar refractivity (Wildman–Crippen MR) is 49.0 cm³/mol. The molecule has 1 rings (SSSR count). The van der Waals surface area contributed by atoms with Gasteiger partial charge in [-0.15, -0.1) is 0 Å². The second kappa shape index (κ2) is 5.62. The summed E-state index contributed by atoms with van der Waals surface area (Å²) in [5.41, 5.74) is 0. The van der Waals surface area contributed by atoms with Crippen molar-refractivity contribution in [3.8, 4) is 0 Å². The van der Waals surface area contributed by atoms with Gasteiger partial charge < -0.3 is 4.79 Å². The molecular weight excluding hydrogens is 260 g/mol. The highest BCUT2D eigenvalue weighted by Crippen LogP contribution is 2.13. The number of carbonyl (C=O) groups is 1. The standard InChI is InChI=1S/C6H4Br2.CH2O/c7-5-1-2-6(8)4-3-5;1-2/h1-4H;1H2. The molecule has 0 atom stereocenters. The van der Waals surface area contributed by atoms with Gasteiger partial charge >= 0.3 is 0 Å². The van der Waals surface area contributed by atoms with Gasteiger partial charge in [0.05, 0.1) is 0 Å². The number of benzene rings is 1. The van der Waals surface area contributed by atoms with Gasteiger partial charge in [-0.1, -0.05) is 31.9 Å². The van der Waals surface area contributed by atoms with Crippen LogP contribution in [0.1, 0.15) is 0 Å². The first kappa shape index (κ1) is 9.85. The molecule has 0 spiro atoms. The fourth-order valence-corrected chi connectivity index (χ4v) is 0.958. The van der Waals surface area contributed by atoms with Crippen LogP contribution in [0.3, 0.4) is 0 Å². The molecular formula is C7H6Br2O. The van der Waals surface area contributed by atoms with Crippen LogP contribution in [-0.2, 0) is 4.79 Å². The Morgan fingerprint density at radius 2 is 1.10 bits per heavy atom. The van der Waals surface area contributed by atoms with Crippen LogP contribution in [0.4, 0.5) is 0 Å². The molecule has 0 radical (unpaired) electrons. The molecule has 0 aliphatic rings. The Labute approximate surface area is 76.7 Å². The van der Waals surface area contributed by atoms with Crippen LogP contribution in [0, 0.1) is 0 Å². The molecule has 0 aromatic heterocycles. The maximum atomic E-state index is 8.00. The van der Waals surface area contributed by atoms with Crippen LogP contribution in [0.2, 0.25) is 0 Å². The maximum absolute atomic E-state index is 8.00. The van der Waals surface area contributed by atoms with Gasteiger partial charge in [-0.05, 0) is 24.3 Å². The zero-order valence-corrected chi connectivity index (χ0v) is 8.35. The molecule has 0 fully saturated rings. The lowest BCUT2D eigenvalue weighted by molar-refractivity contribution is -0.0979. The minimum atomic E-state index is 1.11. The fourth-order valence-electron chi connectivity index (χ4n) is 0.430. The van der Waals surface area contributed by atoms with Crippen LogP contribution in [-0.4, -0.2) is 6.79 Å². The van der Waals surface area contributed by atoms with E-state index in [1.165, 1.54) is 0 Å². The van der Waals surface area contributed by atoms with E-state index in [0.717, 1.165) is 8.95 Å². The molecule has 3 heteroatoms. The molecule has 0 bridgehead atoms. The lowest BCUT2D eigenvalue weighted by atomic mass is 10.4. The number of carbonyl (C=O) groups excluding carboxylic acids is 1. The molecule has 54 valence electrons. The van der Waals surface area contributed by atoms with Crippen molar-refractivity contribution in [2.45, 2.75) is 0 Å². The van der Waals surface area contributed by atoms with Gasteiger partial charge in [-0.2, -0.15) is 0 Å². The molecule has 0 saturated carbocycles. The van der Waals surface area contributed by atoms with E-state index in [2.05, 4.69) is 31.9 Å². The Balaban J connectivity index is 0.000000371. The van der Waals surface area contributed by atoms with Gasteiger partial charge in [-0.25, -0.2) is 0 Å². The molecule has 1 nitrogen and oxygen atoms in total. The number of hydrogen-bond donors (Lipinski definition) is 0. The lowest BCUT2D eigenvalue weighted by Crippen LogP contribution is -1.61. The van der Waals surface area contributed by atoms with Crippen molar-refractivity contribution in [2.75, 3.05) is 0 Å². The van der Waals surface area contributed by atoms with Gasteiger partial charge in [0, 0.05) is 8.95 Å². The van der Waals surface area contributed by atoms with Gasteiger partial charge in [-0.3, -0.25) is 0 Å². The van der Waals surface area contributed by atoms with Gasteiger partial charge in [0.2, 0.25) is 0 Å². The first-order chi connectivity index (χ1) is 4.79. The first-order valence-corrected chi connectivity index (χ1v) is 4.07. The Bertz CT molecular complexity index is 162. The van der Waals surface area contributed by atoms with Crippen molar-refractivity contribution in [1.29, 1.82) is 0 Å². The highest BCUT2D eigenvalue weighted by Gasteiger charge is 1.83. The van der Waals surface area contributed by atoms with Gasteiger partial charge in [0.1, 0.15) is 6.79 Å². The van der Waals surface area contributed by atoms with E-state index >= 15 is 0 Å². The third-order valence-electron chi connectivity index (χ3n) is 0.804. The summed E-state index contributed by atoms with van der Waals surface area (Å²) in [5, 5.41) is 0. The van der Waals surface area contributed by atoms with E-state index in [1.807, 2.05) is 31.1 Å². The molecule has 0 saturated heterocycles. The van der Waals surface area contributed by atoms with Crippen molar-refractivity contribution in [2.24, 2.45) is 0 Å². The Morgan fingerprint density at radius 3 is 1.30 bits per heavy atom. The van der Waals surface area contributed by atoms with E-state index in [4.69, 9.17) is 4.79 Å². The monoisotopic (exact) mass is 264 g/mol. The van der Waals surface area contributed by atoms with Crippen molar-refractivity contribution in [3.05, 3.63) is 33.2 Å². The third kappa shape index (κ3) is 3.80. The summed E-state index contributed by atoms with van der Waals surface area (Å²) < 4.78 is 2.22. The lowest BCUT2D eigenvalue weighted by Gasteiger charge is -1.86. The molecule has 0 N–H and O–H groups in total. The van der Waals surface area contributed by atoms with Crippen molar-refractivity contribution < 1.29 is 4.79 Å². The average Bonchev–Trinajstić information content (AvgIpc) is 2.00. The SMILES string of the molecule is Brc1ccc(Br)cc1.C=O. The van der Waals surface area contributed by atoms with Crippen LogP contribution in [0.25, 0.3) is 0 Å². The van der Waals surface area contributed by atoms with E-state index in [1.54, 1.807) is 0 Å². The Morgan fingerprint density at radius 1 is 0.900 bits per heavy atom. The summed E-state index contributed by atoms with van der Waals surface area (Å²) in [4.78, 5) is 8.00. The van der Waals surface area contributed by atoms with Gasteiger partial charge in [0.15, 0.2) is 0 Å². The number of halogens is 2. The third-order valence-corrected chi connectivity index (χ3v) is 1.86. The zero-order valence-electron chi connectivity index (χ0n) is 5.18. The summed E-state index contributed by atoms with van der Waals surface area (Å²) in [6.45, 7) is 2.00. The molecule has 1 aromatic carbocycles. The summed E-state index contributed by atoms with van der Waals surface area (Å²) in [6, 6.07) is 7.96. The molecule has 0 unspecified atom stereocenters. The van der Waals surface area contributed by atoms with Crippen molar-refractivity contribution in [1.82, 2.24) is 0 Å². The summed E-state index contributed by atoms with van der Waals surface area (Å²) in [6.07, 6.45) is 0. The highest BCUT2D eigenvalue weighted by molar-refractivity contribution is 9.11. The normalized spacial score (nSPS) is 7.80. The number of hydrogen-bond acceptors (Lipinski definition) is 1. The summed E-state index contributed by atoms with van der Waals surface area (Å²) >= 11 is 6.65. The largest absolute Gasteiger partial charge is 0.307 e. The molecule has 1 aromatic rings. The second-order valence-corrected chi connectivity index (χ2v) is 3.27. The van der Waals surface area contributed by atoms with Gasteiger partial charge in [0.25, 0.3) is 0 Å². The molecule has 0 amide bonds. The smallest absolute Gasteiger partial charge is 0.106 e. The number of rotatable bonds is 0. The quantitative estimate of drug-likeness (QED) is 0.705. The van der Waals surface area contributed by atoms with Crippen LogP contribution >= 0.6 is 31.9 Å². The van der Waals surface area contributed by atoms with E-state index < -0.39 is 0 Å². The zero-order chi connectivity index (χ0) is 7.98. The summed E-state index contributed by atoms with van der Waals surface area (Å²) in [5.74, 6) is 0. The van der Waals surface area contributed by atoms with Crippen LogP contribution in [0.15, 0.2) is 33.2 Å². The van der Waals surface area contributed by atoms with Crippen molar-refractivity contribution >= 4 is 38.6 Å². The topological polar surface area (TPSA) is 17.1 Å². The average molecular weight is 266 g/mol. The van der Waals surface area contributed by atoms with Crippen molar-refractivity contribution in [3.63, 3.8) is 0 Å². The fraction of sp³-hybridized carbons (Fsp3) is 0. The Hall–Kier alpha value is -0.150. The van der Waals surface area contributed by atoms with Crippen LogP contribution < -0.4 is 0 Å². The van der Waals surface area contributed by atoms with E-state index in [-0.39, 0.29) is 0 Å². The molecule has 0 aliphatic heterocycles. The van der Waals surface area contributed by atoms with Crippen LogP contribution in [0.5, 0.6) is 0 Å². The minimum absolute atomic E-state index is 1.11. The highest BCUT2D eigenvalue weighted by atomic mass is 79.9. The molecule has 0 aliphatic carbocycles. The van der Waals surface area contributed by atoms with E-state index in [0.29, 0.717) is 0 Å². The second-order valence-electron chi connectivity index (χ2n) is 1.44. The van der Waals surface area contributed by atoms with E-state index in [9.17, 15) is 0 Å².